The van der Waals surface area contributed by atoms with Crippen molar-refractivity contribution in [3.8, 4) is 5.75 Å². The molecule has 0 radical (unpaired) electrons. The molecule has 0 aromatic heterocycles. The normalized spacial score (nSPS) is 11.2. The molecule has 0 saturated heterocycles. The average Bonchev–Trinajstić information content (AvgIpc) is 2.28. The maximum absolute atomic E-state index is 10.7. The zero-order valence-electron chi connectivity index (χ0n) is 9.90. The van der Waals surface area contributed by atoms with Gasteiger partial charge in [-0.25, -0.2) is 0 Å². The first-order valence-corrected chi connectivity index (χ1v) is 4.94. The Kier molecular flexibility index (Phi) is 3.49. The van der Waals surface area contributed by atoms with E-state index in [9.17, 15) is 10.1 Å². The van der Waals surface area contributed by atoms with Gasteiger partial charge in [-0.1, -0.05) is 0 Å². The van der Waals surface area contributed by atoms with Gasteiger partial charge in [-0.3, -0.25) is 10.1 Å². The first-order chi connectivity index (χ1) is 7.42. The molecular formula is C11H16N2O3. The quantitative estimate of drug-likeness (QED) is 0.628. The second-order valence-corrected chi connectivity index (χ2v) is 4.02. The molecule has 0 atom stereocenters. The molecule has 0 aliphatic heterocycles. The lowest BCUT2D eigenvalue weighted by Crippen LogP contribution is -2.33. The van der Waals surface area contributed by atoms with Crippen molar-refractivity contribution >= 4 is 5.69 Å². The second-order valence-electron chi connectivity index (χ2n) is 4.02. The van der Waals surface area contributed by atoms with Crippen molar-refractivity contribution in [1.29, 1.82) is 0 Å². The molecule has 0 bridgehead atoms. The van der Waals surface area contributed by atoms with E-state index in [1.165, 1.54) is 12.1 Å². The number of nitrogens with zero attached hydrogens (tertiary/aromatic N) is 1. The van der Waals surface area contributed by atoms with Gasteiger partial charge >= 0.3 is 0 Å². The number of hydrogen-bond acceptors (Lipinski definition) is 4. The first kappa shape index (κ1) is 12.4. The molecule has 16 heavy (non-hydrogen) atoms. The Balaban J connectivity index is 3.33. The number of nitrogens with one attached hydrogen (secondary N) is 1. The Labute approximate surface area is 94.6 Å². The zero-order valence-corrected chi connectivity index (χ0v) is 9.90. The van der Waals surface area contributed by atoms with Crippen LogP contribution in [0.3, 0.4) is 0 Å². The van der Waals surface area contributed by atoms with Crippen LogP contribution in [-0.2, 0) is 5.54 Å². The highest BCUT2D eigenvalue weighted by atomic mass is 16.6. The first-order valence-electron chi connectivity index (χ1n) is 4.94. The molecule has 1 rings (SSSR count). The van der Waals surface area contributed by atoms with Gasteiger partial charge < -0.3 is 10.1 Å². The third kappa shape index (κ3) is 2.30. The summed E-state index contributed by atoms with van der Waals surface area (Å²) in [4.78, 5) is 10.3. The van der Waals surface area contributed by atoms with E-state index in [1.807, 2.05) is 13.8 Å². The van der Waals surface area contributed by atoms with Gasteiger partial charge in [0, 0.05) is 23.2 Å². The topological polar surface area (TPSA) is 64.4 Å². The van der Waals surface area contributed by atoms with Crippen LogP contribution in [0.1, 0.15) is 19.4 Å². The number of ether oxygens (including phenoxy) is 1. The Morgan fingerprint density at radius 2 is 2.06 bits per heavy atom. The maximum atomic E-state index is 10.7. The molecule has 1 aromatic rings. The largest absolute Gasteiger partial charge is 0.496 e. The molecule has 0 saturated carbocycles. The van der Waals surface area contributed by atoms with Crippen molar-refractivity contribution in [1.82, 2.24) is 5.32 Å². The molecule has 0 spiro atoms. The van der Waals surface area contributed by atoms with Gasteiger partial charge in [-0.15, -0.1) is 0 Å². The van der Waals surface area contributed by atoms with E-state index in [-0.39, 0.29) is 11.2 Å². The van der Waals surface area contributed by atoms with Gasteiger partial charge in [0.1, 0.15) is 5.75 Å². The van der Waals surface area contributed by atoms with E-state index in [4.69, 9.17) is 4.74 Å². The van der Waals surface area contributed by atoms with Crippen molar-refractivity contribution in [2.45, 2.75) is 19.4 Å². The van der Waals surface area contributed by atoms with Crippen molar-refractivity contribution in [2.75, 3.05) is 14.2 Å². The summed E-state index contributed by atoms with van der Waals surface area (Å²) in [5, 5.41) is 13.8. The van der Waals surface area contributed by atoms with Crippen LogP contribution in [0.5, 0.6) is 5.75 Å². The van der Waals surface area contributed by atoms with Crippen LogP contribution >= 0.6 is 0 Å². The predicted octanol–water partition coefficient (Wildman–Crippen LogP) is 2.06. The second kappa shape index (κ2) is 4.49. The summed E-state index contributed by atoms with van der Waals surface area (Å²) in [5.41, 5.74) is 0.461. The molecule has 0 amide bonds. The monoisotopic (exact) mass is 224 g/mol. The minimum atomic E-state index is -0.408. The van der Waals surface area contributed by atoms with Gasteiger partial charge in [-0.05, 0) is 27.0 Å². The lowest BCUT2D eigenvalue weighted by molar-refractivity contribution is -0.385. The third-order valence-electron chi connectivity index (χ3n) is 2.69. The molecule has 5 heteroatoms. The van der Waals surface area contributed by atoms with E-state index in [2.05, 4.69) is 5.32 Å². The highest BCUT2D eigenvalue weighted by Gasteiger charge is 2.24. The van der Waals surface area contributed by atoms with Gasteiger partial charge in [0.2, 0.25) is 0 Å². The smallest absolute Gasteiger partial charge is 0.270 e. The molecule has 88 valence electrons. The summed E-state index contributed by atoms with van der Waals surface area (Å²) in [5.74, 6) is 0.643. The van der Waals surface area contributed by atoms with Crippen molar-refractivity contribution in [2.24, 2.45) is 0 Å². The highest BCUT2D eigenvalue weighted by Crippen LogP contribution is 2.32. The standard InChI is InChI=1S/C11H16N2O3/c1-11(2,12-3)9-7-8(13(14)15)5-6-10(9)16-4/h5-7,12H,1-4H3. The van der Waals surface area contributed by atoms with Crippen molar-refractivity contribution in [3.05, 3.63) is 33.9 Å². The Hall–Kier alpha value is -1.62. The fourth-order valence-corrected chi connectivity index (χ4v) is 1.43. The Morgan fingerprint density at radius 3 is 2.50 bits per heavy atom. The Morgan fingerprint density at radius 1 is 1.44 bits per heavy atom. The molecule has 0 unspecified atom stereocenters. The van der Waals surface area contributed by atoms with Crippen LogP contribution < -0.4 is 10.1 Å². The summed E-state index contributed by atoms with van der Waals surface area (Å²) in [6.45, 7) is 3.88. The molecule has 0 aliphatic rings. The minimum Gasteiger partial charge on any atom is -0.496 e. The number of benzene rings is 1. The molecule has 1 N–H and O–H groups in total. The number of hydrogen-bond donors (Lipinski definition) is 1. The number of methoxy groups -OCH3 is 1. The van der Waals surface area contributed by atoms with Gasteiger partial charge in [0.25, 0.3) is 5.69 Å². The van der Waals surface area contributed by atoms with Gasteiger partial charge in [0.05, 0.1) is 12.0 Å². The molecule has 0 heterocycles. The lowest BCUT2D eigenvalue weighted by Gasteiger charge is -2.26. The summed E-state index contributed by atoms with van der Waals surface area (Å²) < 4.78 is 5.21. The fourth-order valence-electron chi connectivity index (χ4n) is 1.43. The van der Waals surface area contributed by atoms with E-state index in [1.54, 1.807) is 20.2 Å². The van der Waals surface area contributed by atoms with E-state index < -0.39 is 4.92 Å². The van der Waals surface area contributed by atoms with Crippen molar-refractivity contribution in [3.63, 3.8) is 0 Å². The van der Waals surface area contributed by atoms with Crippen LogP contribution in [-0.4, -0.2) is 19.1 Å². The van der Waals surface area contributed by atoms with E-state index in [0.717, 1.165) is 5.56 Å². The van der Waals surface area contributed by atoms with Crippen molar-refractivity contribution < 1.29 is 9.66 Å². The fraction of sp³-hybridized carbons (Fsp3) is 0.455. The highest BCUT2D eigenvalue weighted by molar-refractivity contribution is 5.47. The summed E-state index contributed by atoms with van der Waals surface area (Å²) in [6, 6.07) is 4.59. The lowest BCUT2D eigenvalue weighted by atomic mass is 9.93. The van der Waals surface area contributed by atoms with Crippen LogP contribution in [0.25, 0.3) is 0 Å². The maximum Gasteiger partial charge on any atom is 0.270 e. The zero-order chi connectivity index (χ0) is 12.3. The van der Waals surface area contributed by atoms with E-state index >= 15 is 0 Å². The van der Waals surface area contributed by atoms with Crippen LogP contribution in [0.15, 0.2) is 18.2 Å². The summed E-state index contributed by atoms with van der Waals surface area (Å²) in [7, 11) is 3.36. The molecule has 0 aliphatic carbocycles. The number of nitro groups is 1. The summed E-state index contributed by atoms with van der Waals surface area (Å²) >= 11 is 0. The van der Waals surface area contributed by atoms with Crippen LogP contribution in [0, 0.1) is 10.1 Å². The summed E-state index contributed by atoms with van der Waals surface area (Å²) in [6.07, 6.45) is 0. The predicted molar refractivity (Wildman–Crippen MR) is 61.7 cm³/mol. The minimum absolute atomic E-state index is 0.0686. The number of non-ortho nitro benzene ring substituents is 1. The van der Waals surface area contributed by atoms with Crippen LogP contribution in [0.4, 0.5) is 5.69 Å². The molecular weight excluding hydrogens is 208 g/mol. The molecule has 5 nitrogen and oxygen atoms in total. The number of rotatable bonds is 4. The van der Waals surface area contributed by atoms with E-state index in [0.29, 0.717) is 5.75 Å². The average molecular weight is 224 g/mol. The van der Waals surface area contributed by atoms with Crippen LogP contribution in [0.2, 0.25) is 0 Å². The van der Waals surface area contributed by atoms with Gasteiger partial charge in [0.15, 0.2) is 0 Å². The SMILES string of the molecule is CNC(C)(C)c1cc([N+](=O)[O-])ccc1OC. The third-order valence-corrected chi connectivity index (χ3v) is 2.69. The van der Waals surface area contributed by atoms with Gasteiger partial charge in [-0.2, -0.15) is 0 Å². The Bertz CT molecular complexity index is 402. The molecule has 0 fully saturated rings. The molecule has 1 aromatic carbocycles. The number of nitro benzene ring substituents is 1.